The molecule has 2 nitrogen and oxygen atoms in total. The molecule has 1 unspecified atom stereocenters. The number of rotatable bonds is 3. The smallest absolute Gasteiger partial charge is 0.0454 e. The third kappa shape index (κ3) is 1.98. The second-order valence-electron chi connectivity index (χ2n) is 5.02. The summed E-state index contributed by atoms with van der Waals surface area (Å²) < 4.78 is 0. The molecule has 2 heterocycles. The molecule has 17 heavy (non-hydrogen) atoms. The maximum atomic E-state index is 3.26. The van der Waals surface area contributed by atoms with Crippen LogP contribution in [0.15, 0.2) is 30.5 Å². The third-order valence-corrected chi connectivity index (χ3v) is 3.84. The van der Waals surface area contributed by atoms with Crippen LogP contribution in [-0.4, -0.2) is 23.0 Å². The minimum Gasteiger partial charge on any atom is -0.361 e. The molecule has 0 saturated carbocycles. The first-order chi connectivity index (χ1) is 8.38. The van der Waals surface area contributed by atoms with Crippen molar-refractivity contribution in [3.8, 4) is 0 Å². The highest BCUT2D eigenvalue weighted by molar-refractivity contribution is 5.80. The fourth-order valence-electron chi connectivity index (χ4n) is 3.04. The van der Waals surface area contributed by atoms with Gasteiger partial charge < -0.3 is 4.98 Å². The number of likely N-dealkylation sites (tertiary alicyclic amines) is 1. The molecule has 2 heteroatoms. The van der Waals surface area contributed by atoms with Crippen LogP contribution in [0.2, 0.25) is 0 Å². The molecule has 1 aliphatic rings. The zero-order chi connectivity index (χ0) is 11.7. The zero-order valence-electron chi connectivity index (χ0n) is 10.4. The number of aromatic amines is 1. The average molecular weight is 228 g/mol. The van der Waals surface area contributed by atoms with Crippen molar-refractivity contribution in [2.24, 2.45) is 0 Å². The standard InChI is InChI=1S/C15H20N2/c1-2-9-17-10-3-4-15(17)13-5-6-14-12(11-13)7-8-16-14/h5-8,11,15-16H,2-4,9-10H2,1H3. The van der Waals surface area contributed by atoms with Crippen LogP contribution in [0.4, 0.5) is 0 Å². The van der Waals surface area contributed by atoms with E-state index in [-0.39, 0.29) is 0 Å². The van der Waals surface area contributed by atoms with Crippen molar-refractivity contribution in [3.05, 3.63) is 36.0 Å². The lowest BCUT2D eigenvalue weighted by molar-refractivity contribution is 0.258. The maximum absolute atomic E-state index is 3.26. The van der Waals surface area contributed by atoms with Gasteiger partial charge in [0, 0.05) is 17.8 Å². The first kappa shape index (κ1) is 10.8. The Labute approximate surface area is 103 Å². The van der Waals surface area contributed by atoms with Crippen LogP contribution in [0.1, 0.15) is 37.8 Å². The van der Waals surface area contributed by atoms with Crippen molar-refractivity contribution in [3.63, 3.8) is 0 Å². The fourth-order valence-corrected chi connectivity index (χ4v) is 3.04. The number of aromatic nitrogens is 1. The van der Waals surface area contributed by atoms with E-state index in [2.05, 4.69) is 41.1 Å². The summed E-state index contributed by atoms with van der Waals surface area (Å²) in [5.41, 5.74) is 2.73. The molecule has 1 aliphatic heterocycles. The second-order valence-corrected chi connectivity index (χ2v) is 5.02. The van der Waals surface area contributed by atoms with E-state index in [0.717, 1.165) is 0 Å². The number of H-pyrrole nitrogens is 1. The average Bonchev–Trinajstić information content (AvgIpc) is 2.96. The van der Waals surface area contributed by atoms with Crippen LogP contribution in [0.5, 0.6) is 0 Å². The molecule has 1 aromatic heterocycles. The summed E-state index contributed by atoms with van der Waals surface area (Å²) in [7, 11) is 0. The van der Waals surface area contributed by atoms with Crippen LogP contribution < -0.4 is 0 Å². The number of hydrogen-bond donors (Lipinski definition) is 1. The maximum Gasteiger partial charge on any atom is 0.0454 e. The van der Waals surface area contributed by atoms with Gasteiger partial charge in [-0.15, -0.1) is 0 Å². The summed E-state index contributed by atoms with van der Waals surface area (Å²) in [6.07, 6.45) is 5.93. The van der Waals surface area contributed by atoms with Gasteiger partial charge in [0.1, 0.15) is 0 Å². The Kier molecular flexibility index (Phi) is 2.89. The Bertz CT molecular complexity index is 500. The van der Waals surface area contributed by atoms with E-state index in [0.29, 0.717) is 6.04 Å². The second kappa shape index (κ2) is 4.53. The van der Waals surface area contributed by atoms with Gasteiger partial charge in [-0.3, -0.25) is 4.90 Å². The largest absolute Gasteiger partial charge is 0.361 e. The molecule has 1 aromatic carbocycles. The quantitative estimate of drug-likeness (QED) is 0.848. The van der Waals surface area contributed by atoms with Gasteiger partial charge in [-0.1, -0.05) is 13.0 Å². The summed E-state index contributed by atoms with van der Waals surface area (Å²) >= 11 is 0. The topological polar surface area (TPSA) is 19.0 Å². The Morgan fingerprint density at radius 2 is 2.29 bits per heavy atom. The Morgan fingerprint density at radius 1 is 1.35 bits per heavy atom. The number of nitrogens with one attached hydrogen (secondary N) is 1. The van der Waals surface area contributed by atoms with E-state index >= 15 is 0 Å². The summed E-state index contributed by atoms with van der Waals surface area (Å²) in [5.74, 6) is 0. The van der Waals surface area contributed by atoms with E-state index in [1.165, 1.54) is 48.8 Å². The Morgan fingerprint density at radius 3 is 3.18 bits per heavy atom. The summed E-state index contributed by atoms with van der Waals surface area (Å²) in [6.45, 7) is 4.77. The number of benzene rings is 1. The van der Waals surface area contributed by atoms with Gasteiger partial charge in [-0.2, -0.15) is 0 Å². The Hall–Kier alpha value is -1.28. The molecule has 1 N–H and O–H groups in total. The van der Waals surface area contributed by atoms with Crippen molar-refractivity contribution in [1.29, 1.82) is 0 Å². The normalized spacial score (nSPS) is 21.4. The summed E-state index contributed by atoms with van der Waals surface area (Å²) in [4.78, 5) is 5.89. The van der Waals surface area contributed by atoms with Crippen LogP contribution in [0, 0.1) is 0 Å². The lowest BCUT2D eigenvalue weighted by Crippen LogP contribution is -2.23. The fraction of sp³-hybridized carbons (Fsp3) is 0.467. The number of hydrogen-bond acceptors (Lipinski definition) is 1. The van der Waals surface area contributed by atoms with Crippen molar-refractivity contribution < 1.29 is 0 Å². The predicted molar refractivity (Wildman–Crippen MR) is 72.1 cm³/mol. The molecule has 0 amide bonds. The van der Waals surface area contributed by atoms with E-state index in [1.54, 1.807) is 0 Å². The lowest BCUT2D eigenvalue weighted by atomic mass is 10.0. The molecule has 1 fully saturated rings. The lowest BCUT2D eigenvalue weighted by Gasteiger charge is -2.24. The van der Waals surface area contributed by atoms with Crippen LogP contribution in [-0.2, 0) is 0 Å². The highest BCUT2D eigenvalue weighted by atomic mass is 15.2. The molecule has 0 spiro atoms. The molecular formula is C15H20N2. The van der Waals surface area contributed by atoms with Gasteiger partial charge in [-0.05, 0) is 61.5 Å². The molecule has 1 atom stereocenters. The van der Waals surface area contributed by atoms with Crippen molar-refractivity contribution in [1.82, 2.24) is 9.88 Å². The van der Waals surface area contributed by atoms with Gasteiger partial charge in [0.15, 0.2) is 0 Å². The minimum absolute atomic E-state index is 0.647. The zero-order valence-corrected chi connectivity index (χ0v) is 10.4. The third-order valence-electron chi connectivity index (χ3n) is 3.84. The highest BCUT2D eigenvalue weighted by Gasteiger charge is 2.24. The van der Waals surface area contributed by atoms with E-state index in [4.69, 9.17) is 0 Å². The van der Waals surface area contributed by atoms with Gasteiger partial charge in [0.05, 0.1) is 0 Å². The minimum atomic E-state index is 0.647. The summed E-state index contributed by atoms with van der Waals surface area (Å²) in [6, 6.07) is 9.67. The molecule has 3 rings (SSSR count). The molecule has 90 valence electrons. The first-order valence-electron chi connectivity index (χ1n) is 6.69. The van der Waals surface area contributed by atoms with Crippen LogP contribution >= 0.6 is 0 Å². The first-order valence-corrected chi connectivity index (χ1v) is 6.69. The predicted octanol–water partition coefficient (Wildman–Crippen LogP) is 3.71. The van der Waals surface area contributed by atoms with E-state index in [1.807, 2.05) is 6.20 Å². The van der Waals surface area contributed by atoms with Crippen molar-refractivity contribution in [2.45, 2.75) is 32.2 Å². The van der Waals surface area contributed by atoms with E-state index in [9.17, 15) is 0 Å². The number of fused-ring (bicyclic) bond motifs is 1. The van der Waals surface area contributed by atoms with Gasteiger partial charge in [-0.25, -0.2) is 0 Å². The highest BCUT2D eigenvalue weighted by Crippen LogP contribution is 2.33. The number of nitrogens with zero attached hydrogens (tertiary/aromatic N) is 1. The van der Waals surface area contributed by atoms with E-state index < -0.39 is 0 Å². The van der Waals surface area contributed by atoms with Crippen molar-refractivity contribution >= 4 is 10.9 Å². The van der Waals surface area contributed by atoms with Crippen molar-refractivity contribution in [2.75, 3.05) is 13.1 Å². The molecular weight excluding hydrogens is 208 g/mol. The molecule has 0 bridgehead atoms. The van der Waals surface area contributed by atoms with Gasteiger partial charge in [0.2, 0.25) is 0 Å². The molecule has 1 saturated heterocycles. The van der Waals surface area contributed by atoms with Crippen LogP contribution in [0.25, 0.3) is 10.9 Å². The molecule has 0 radical (unpaired) electrons. The molecule has 0 aliphatic carbocycles. The van der Waals surface area contributed by atoms with Gasteiger partial charge in [0.25, 0.3) is 0 Å². The van der Waals surface area contributed by atoms with Crippen LogP contribution in [0.3, 0.4) is 0 Å². The summed E-state index contributed by atoms with van der Waals surface area (Å²) in [5, 5.41) is 1.34. The Balaban J connectivity index is 1.91. The monoisotopic (exact) mass is 228 g/mol. The molecule has 2 aromatic rings. The SMILES string of the molecule is CCCN1CCCC1c1ccc2[nH]ccc2c1. The van der Waals surface area contributed by atoms with Gasteiger partial charge >= 0.3 is 0 Å².